The van der Waals surface area contributed by atoms with Gasteiger partial charge in [0.25, 0.3) is 0 Å². The maximum atomic E-state index is 8.93. The first kappa shape index (κ1) is 11.2. The van der Waals surface area contributed by atoms with Crippen LogP contribution in [0, 0.1) is 0 Å². The summed E-state index contributed by atoms with van der Waals surface area (Å²) in [6, 6.07) is 0.421. The van der Waals surface area contributed by atoms with E-state index in [9.17, 15) is 0 Å². The highest BCUT2D eigenvalue weighted by Gasteiger charge is 2.07. The van der Waals surface area contributed by atoms with Gasteiger partial charge in [-0.25, -0.2) is 0 Å². The van der Waals surface area contributed by atoms with E-state index in [0.717, 1.165) is 18.5 Å². The number of hydrogen-bond acceptors (Lipinski definition) is 3. The maximum absolute atomic E-state index is 8.93. The Labute approximate surface area is 85.9 Å². The van der Waals surface area contributed by atoms with Crippen LogP contribution in [0.25, 0.3) is 0 Å². The number of nitrogens with zero attached hydrogens (tertiary/aromatic N) is 1. The Bertz CT molecular complexity index is 233. The van der Waals surface area contributed by atoms with Crippen molar-refractivity contribution >= 4 is 6.21 Å². The molecule has 0 saturated carbocycles. The number of hydroxylamine groups is 1. The Morgan fingerprint density at radius 1 is 1.57 bits per heavy atom. The highest BCUT2D eigenvalue weighted by molar-refractivity contribution is 5.78. The Morgan fingerprint density at radius 2 is 2.36 bits per heavy atom. The summed E-state index contributed by atoms with van der Waals surface area (Å²) in [5.74, 6) is 0. The number of allylic oxidation sites excluding steroid dienone is 2. The van der Waals surface area contributed by atoms with Crippen molar-refractivity contribution in [3.63, 3.8) is 0 Å². The highest BCUT2D eigenvalue weighted by atomic mass is 16.5. The normalized spacial score (nSPS) is 29.2. The summed E-state index contributed by atoms with van der Waals surface area (Å²) in [6.07, 6.45) is 7.48. The molecule has 3 nitrogen and oxygen atoms in total. The molecule has 0 radical (unpaired) electrons. The van der Waals surface area contributed by atoms with Crippen LogP contribution in [0.5, 0.6) is 0 Å². The van der Waals surface area contributed by atoms with Gasteiger partial charge in [-0.05, 0) is 38.2 Å². The van der Waals surface area contributed by atoms with E-state index in [4.69, 9.17) is 5.21 Å². The molecule has 0 aliphatic carbocycles. The van der Waals surface area contributed by atoms with Crippen LogP contribution in [-0.4, -0.2) is 17.5 Å². The van der Waals surface area contributed by atoms with Gasteiger partial charge >= 0.3 is 0 Å². The van der Waals surface area contributed by atoms with Crippen molar-refractivity contribution in [3.8, 4) is 0 Å². The first-order valence-electron chi connectivity index (χ1n) is 5.41. The van der Waals surface area contributed by atoms with Gasteiger partial charge in [0, 0.05) is 12.3 Å². The largest absolute Gasteiger partial charge is 0.291 e. The molecule has 0 bridgehead atoms. The predicted molar refractivity (Wildman–Crippen MR) is 58.7 cm³/mol. The van der Waals surface area contributed by atoms with E-state index in [1.807, 2.05) is 6.92 Å². The predicted octanol–water partition coefficient (Wildman–Crippen LogP) is 2.66. The zero-order valence-corrected chi connectivity index (χ0v) is 9.08. The van der Waals surface area contributed by atoms with Crippen molar-refractivity contribution in [2.75, 3.05) is 0 Å². The molecule has 0 fully saturated rings. The zero-order chi connectivity index (χ0) is 10.4. The Balaban J connectivity index is 2.75. The molecule has 3 heteroatoms. The van der Waals surface area contributed by atoms with E-state index in [-0.39, 0.29) is 0 Å². The lowest BCUT2D eigenvalue weighted by atomic mass is 10.0. The number of rotatable bonds is 2. The first-order valence-corrected chi connectivity index (χ1v) is 5.41. The molecule has 1 unspecified atom stereocenters. The van der Waals surface area contributed by atoms with E-state index >= 15 is 0 Å². The second-order valence-electron chi connectivity index (χ2n) is 3.89. The van der Waals surface area contributed by atoms with Crippen LogP contribution in [0.4, 0.5) is 0 Å². The van der Waals surface area contributed by atoms with E-state index in [1.54, 1.807) is 6.21 Å². The molecule has 80 valence electrons. The Kier molecular flexibility index (Phi) is 4.66. The summed E-state index contributed by atoms with van der Waals surface area (Å²) in [4.78, 5) is 4.46. The van der Waals surface area contributed by atoms with Crippen LogP contribution in [0.15, 0.2) is 16.3 Å². The van der Waals surface area contributed by atoms with Crippen molar-refractivity contribution in [1.29, 1.82) is 0 Å². The van der Waals surface area contributed by atoms with E-state index in [1.165, 1.54) is 24.8 Å². The first-order chi connectivity index (χ1) is 6.77. The number of aliphatic imine (C=N–C) groups is 1. The monoisotopic (exact) mass is 196 g/mol. The molecule has 1 aliphatic rings. The van der Waals surface area contributed by atoms with E-state index < -0.39 is 0 Å². The minimum absolute atomic E-state index is 0.421. The van der Waals surface area contributed by atoms with Gasteiger partial charge in [0.05, 0.1) is 5.70 Å². The maximum Gasteiger partial charge on any atom is 0.0769 e. The van der Waals surface area contributed by atoms with Gasteiger partial charge in [-0.1, -0.05) is 13.3 Å². The molecule has 0 spiro atoms. The topological polar surface area (TPSA) is 44.6 Å². The van der Waals surface area contributed by atoms with Crippen molar-refractivity contribution in [1.82, 2.24) is 5.48 Å². The summed E-state index contributed by atoms with van der Waals surface area (Å²) in [7, 11) is 0. The van der Waals surface area contributed by atoms with Gasteiger partial charge in [0.15, 0.2) is 0 Å². The van der Waals surface area contributed by atoms with Crippen molar-refractivity contribution in [2.45, 2.75) is 52.0 Å². The van der Waals surface area contributed by atoms with Crippen LogP contribution in [0.1, 0.15) is 46.0 Å². The molecule has 1 rings (SSSR count). The SMILES string of the molecule is CCC1CCCC/C(C)=C(\NO)C=N1. The molecule has 0 saturated heterocycles. The van der Waals surface area contributed by atoms with Crippen LogP contribution < -0.4 is 5.48 Å². The average Bonchev–Trinajstić information content (AvgIpc) is 2.29. The lowest BCUT2D eigenvalue weighted by molar-refractivity contribution is 0.206. The third-order valence-corrected chi connectivity index (χ3v) is 2.81. The molecular formula is C11H20N2O. The zero-order valence-electron chi connectivity index (χ0n) is 9.08. The molecule has 1 heterocycles. The molecule has 0 amide bonds. The summed E-state index contributed by atoms with van der Waals surface area (Å²) < 4.78 is 0. The van der Waals surface area contributed by atoms with Crippen LogP contribution >= 0.6 is 0 Å². The van der Waals surface area contributed by atoms with Gasteiger partial charge in [0.2, 0.25) is 0 Å². The fourth-order valence-corrected chi connectivity index (χ4v) is 1.70. The minimum atomic E-state index is 0.421. The van der Waals surface area contributed by atoms with Crippen molar-refractivity contribution < 1.29 is 5.21 Å². The number of nitrogens with one attached hydrogen (secondary N) is 1. The standard InChI is InChI=1S/C11H20N2O/c1-3-10-7-5-4-6-9(2)11(13-14)8-12-10/h8,10,13-14H,3-7H2,1-2H3/b11-9-,12-8?. The summed E-state index contributed by atoms with van der Waals surface area (Å²) in [5.41, 5.74) is 4.18. The third kappa shape index (κ3) is 3.14. The van der Waals surface area contributed by atoms with Crippen molar-refractivity contribution in [2.24, 2.45) is 4.99 Å². The summed E-state index contributed by atoms with van der Waals surface area (Å²) in [5, 5.41) is 8.93. The van der Waals surface area contributed by atoms with Gasteiger partial charge in [-0.3, -0.25) is 15.7 Å². The Hall–Kier alpha value is -0.830. The molecule has 2 N–H and O–H groups in total. The second kappa shape index (κ2) is 5.81. The fraction of sp³-hybridized carbons (Fsp3) is 0.727. The van der Waals surface area contributed by atoms with Gasteiger partial charge < -0.3 is 0 Å². The average molecular weight is 196 g/mol. The van der Waals surface area contributed by atoms with E-state index in [2.05, 4.69) is 17.4 Å². The second-order valence-corrected chi connectivity index (χ2v) is 3.89. The number of hydrogen-bond donors (Lipinski definition) is 2. The lowest BCUT2D eigenvalue weighted by Gasteiger charge is -2.07. The Morgan fingerprint density at radius 3 is 3.00 bits per heavy atom. The van der Waals surface area contributed by atoms with Crippen molar-refractivity contribution in [3.05, 3.63) is 11.3 Å². The highest BCUT2D eigenvalue weighted by Crippen LogP contribution is 2.16. The fourth-order valence-electron chi connectivity index (χ4n) is 1.70. The molecular weight excluding hydrogens is 176 g/mol. The van der Waals surface area contributed by atoms with Crippen LogP contribution in [-0.2, 0) is 0 Å². The van der Waals surface area contributed by atoms with Gasteiger partial charge in [-0.2, -0.15) is 0 Å². The summed E-state index contributed by atoms with van der Waals surface area (Å²) >= 11 is 0. The third-order valence-electron chi connectivity index (χ3n) is 2.81. The van der Waals surface area contributed by atoms with Crippen LogP contribution in [0.3, 0.4) is 0 Å². The smallest absolute Gasteiger partial charge is 0.0769 e. The summed E-state index contributed by atoms with van der Waals surface area (Å²) in [6.45, 7) is 4.19. The molecule has 14 heavy (non-hydrogen) atoms. The lowest BCUT2D eigenvalue weighted by Crippen LogP contribution is -2.11. The molecule has 0 aromatic heterocycles. The van der Waals surface area contributed by atoms with Gasteiger partial charge in [-0.15, -0.1) is 0 Å². The minimum Gasteiger partial charge on any atom is -0.291 e. The quantitative estimate of drug-likeness (QED) is 0.667. The molecule has 1 atom stereocenters. The molecule has 1 aliphatic heterocycles. The molecule has 0 aromatic rings. The molecule has 0 aromatic carbocycles. The van der Waals surface area contributed by atoms with Gasteiger partial charge in [0.1, 0.15) is 0 Å². The van der Waals surface area contributed by atoms with Crippen LogP contribution in [0.2, 0.25) is 0 Å². The van der Waals surface area contributed by atoms with E-state index in [0.29, 0.717) is 6.04 Å².